The van der Waals surface area contributed by atoms with Gasteiger partial charge >= 0.3 is 0 Å². The summed E-state index contributed by atoms with van der Waals surface area (Å²) in [7, 11) is 0. The van der Waals surface area contributed by atoms with Crippen molar-refractivity contribution in [2.24, 2.45) is 16.7 Å². The lowest BCUT2D eigenvalue weighted by Crippen LogP contribution is -2.36. The molecule has 0 aromatic rings. The van der Waals surface area contributed by atoms with Gasteiger partial charge in [-0.25, -0.2) is 0 Å². The van der Waals surface area contributed by atoms with Crippen LogP contribution in [0.1, 0.15) is 67.2 Å². The topological polar surface area (TPSA) is 20.2 Å². The molecule has 0 radical (unpaired) electrons. The van der Waals surface area contributed by atoms with Crippen molar-refractivity contribution in [3.8, 4) is 0 Å². The summed E-state index contributed by atoms with van der Waals surface area (Å²) >= 11 is 0. The van der Waals surface area contributed by atoms with E-state index in [-0.39, 0.29) is 0 Å². The second kappa shape index (κ2) is 3.76. The van der Waals surface area contributed by atoms with Crippen LogP contribution in [0.4, 0.5) is 0 Å². The van der Waals surface area contributed by atoms with Gasteiger partial charge in [-0.15, -0.1) is 0 Å². The molecule has 1 N–H and O–H groups in total. The van der Waals surface area contributed by atoms with Gasteiger partial charge in [-0.05, 0) is 56.3 Å². The summed E-state index contributed by atoms with van der Waals surface area (Å²) in [6.45, 7) is 13.3. The molecule has 0 heterocycles. The monoisotopic (exact) mass is 212 g/mol. The van der Waals surface area contributed by atoms with Gasteiger partial charge in [0.05, 0.1) is 5.60 Å². The highest BCUT2D eigenvalue weighted by molar-refractivity contribution is 4.90. The molecule has 0 spiro atoms. The minimum atomic E-state index is -0.506. The first-order valence-electron chi connectivity index (χ1n) is 6.22. The van der Waals surface area contributed by atoms with Crippen molar-refractivity contribution in [1.29, 1.82) is 0 Å². The molecule has 1 aliphatic carbocycles. The maximum absolute atomic E-state index is 9.91. The van der Waals surface area contributed by atoms with E-state index in [4.69, 9.17) is 0 Å². The third-order valence-corrected chi connectivity index (χ3v) is 3.43. The second-order valence-corrected chi connectivity index (χ2v) is 7.80. The predicted octanol–water partition coefficient (Wildman–Crippen LogP) is 4.00. The summed E-state index contributed by atoms with van der Waals surface area (Å²) in [6, 6.07) is 0. The van der Waals surface area contributed by atoms with Gasteiger partial charge in [0, 0.05) is 0 Å². The molecule has 0 bridgehead atoms. The van der Waals surface area contributed by atoms with Crippen molar-refractivity contribution >= 4 is 0 Å². The van der Waals surface area contributed by atoms with E-state index in [0.29, 0.717) is 16.7 Å². The Labute approximate surface area is 95.3 Å². The van der Waals surface area contributed by atoms with E-state index in [1.165, 1.54) is 19.3 Å². The zero-order chi connectivity index (χ0) is 11.9. The molecule has 1 aliphatic rings. The largest absolute Gasteiger partial charge is 0.390 e. The molecular formula is C14H28O. The van der Waals surface area contributed by atoms with E-state index in [9.17, 15) is 5.11 Å². The average Bonchev–Trinajstić information content (AvgIpc) is 1.70. The van der Waals surface area contributed by atoms with Crippen LogP contribution >= 0.6 is 0 Å². The smallest absolute Gasteiger partial charge is 0.0594 e. The summed E-state index contributed by atoms with van der Waals surface area (Å²) < 4.78 is 0. The lowest BCUT2D eigenvalue weighted by atomic mass is 9.60. The van der Waals surface area contributed by atoms with Crippen molar-refractivity contribution in [1.82, 2.24) is 0 Å². The summed E-state index contributed by atoms with van der Waals surface area (Å²) in [5.41, 5.74) is 0.378. The highest BCUT2D eigenvalue weighted by Gasteiger charge is 2.39. The van der Waals surface area contributed by atoms with Gasteiger partial charge < -0.3 is 5.11 Å². The van der Waals surface area contributed by atoms with Gasteiger partial charge in [-0.3, -0.25) is 0 Å². The lowest BCUT2D eigenvalue weighted by Gasteiger charge is -2.46. The van der Waals surface area contributed by atoms with E-state index in [2.05, 4.69) is 27.7 Å². The Bertz CT molecular complexity index is 201. The SMILES string of the molecule is CC(C)(O)CC1CC(C)(C)CC(C)(C)C1. The van der Waals surface area contributed by atoms with E-state index in [1.54, 1.807) is 0 Å². The van der Waals surface area contributed by atoms with Gasteiger partial charge in [0.2, 0.25) is 0 Å². The maximum atomic E-state index is 9.91. The van der Waals surface area contributed by atoms with Crippen LogP contribution in [0, 0.1) is 16.7 Å². The molecule has 0 amide bonds. The minimum absolute atomic E-state index is 0.442. The average molecular weight is 212 g/mol. The molecule has 0 aromatic heterocycles. The molecule has 0 aliphatic heterocycles. The third kappa shape index (κ3) is 4.55. The van der Waals surface area contributed by atoms with E-state index in [1.807, 2.05) is 13.8 Å². The van der Waals surface area contributed by atoms with Gasteiger partial charge in [0.15, 0.2) is 0 Å². The van der Waals surface area contributed by atoms with E-state index < -0.39 is 5.60 Å². The Morgan fingerprint density at radius 3 is 1.80 bits per heavy atom. The third-order valence-electron chi connectivity index (χ3n) is 3.43. The fraction of sp³-hybridized carbons (Fsp3) is 1.00. The molecule has 0 unspecified atom stereocenters. The molecule has 1 fully saturated rings. The van der Waals surface area contributed by atoms with E-state index in [0.717, 1.165) is 6.42 Å². The molecule has 90 valence electrons. The van der Waals surface area contributed by atoms with Crippen LogP contribution in [0.5, 0.6) is 0 Å². The molecule has 15 heavy (non-hydrogen) atoms. The van der Waals surface area contributed by atoms with Crippen molar-refractivity contribution in [2.45, 2.75) is 72.8 Å². The number of hydrogen-bond donors (Lipinski definition) is 1. The Morgan fingerprint density at radius 1 is 1.07 bits per heavy atom. The van der Waals surface area contributed by atoms with Crippen LogP contribution in [-0.2, 0) is 0 Å². The first-order chi connectivity index (χ1) is 6.49. The van der Waals surface area contributed by atoms with Crippen molar-refractivity contribution in [3.05, 3.63) is 0 Å². The minimum Gasteiger partial charge on any atom is -0.390 e. The lowest BCUT2D eigenvalue weighted by molar-refractivity contribution is 0.00208. The highest BCUT2D eigenvalue weighted by atomic mass is 16.3. The van der Waals surface area contributed by atoms with Crippen molar-refractivity contribution < 1.29 is 5.11 Å². The van der Waals surface area contributed by atoms with Crippen LogP contribution in [0.25, 0.3) is 0 Å². The molecule has 0 aromatic carbocycles. The Hall–Kier alpha value is -0.0400. The van der Waals surface area contributed by atoms with Gasteiger partial charge in [0.25, 0.3) is 0 Å². The molecule has 1 nitrogen and oxygen atoms in total. The molecule has 1 rings (SSSR count). The second-order valence-electron chi connectivity index (χ2n) is 7.80. The molecule has 1 saturated carbocycles. The number of rotatable bonds is 2. The highest BCUT2D eigenvalue weighted by Crippen LogP contribution is 2.50. The standard InChI is InChI=1S/C14H28O/c1-12(2)7-11(9-14(5,6)15)8-13(3,4)10-12/h11,15H,7-10H2,1-6H3. The van der Waals surface area contributed by atoms with Crippen LogP contribution in [0.2, 0.25) is 0 Å². The summed E-state index contributed by atoms with van der Waals surface area (Å²) in [4.78, 5) is 0. The molecule has 1 heteroatoms. The van der Waals surface area contributed by atoms with Crippen LogP contribution in [-0.4, -0.2) is 10.7 Å². The van der Waals surface area contributed by atoms with Gasteiger partial charge in [0.1, 0.15) is 0 Å². The number of aliphatic hydroxyl groups is 1. The van der Waals surface area contributed by atoms with Gasteiger partial charge in [-0.1, -0.05) is 27.7 Å². The maximum Gasteiger partial charge on any atom is 0.0594 e. The fourth-order valence-corrected chi connectivity index (χ4v) is 3.93. The van der Waals surface area contributed by atoms with Crippen molar-refractivity contribution in [3.63, 3.8) is 0 Å². The Balaban J connectivity index is 2.68. The predicted molar refractivity (Wildman–Crippen MR) is 65.8 cm³/mol. The summed E-state index contributed by atoms with van der Waals surface area (Å²) in [5, 5.41) is 9.91. The fourth-order valence-electron chi connectivity index (χ4n) is 3.93. The van der Waals surface area contributed by atoms with E-state index >= 15 is 0 Å². The molecule has 0 saturated heterocycles. The Morgan fingerprint density at radius 2 is 1.47 bits per heavy atom. The van der Waals surface area contributed by atoms with Crippen LogP contribution in [0.3, 0.4) is 0 Å². The van der Waals surface area contributed by atoms with Crippen molar-refractivity contribution in [2.75, 3.05) is 0 Å². The number of hydrogen-bond acceptors (Lipinski definition) is 1. The molecule has 0 atom stereocenters. The zero-order valence-corrected chi connectivity index (χ0v) is 11.4. The van der Waals surface area contributed by atoms with Gasteiger partial charge in [-0.2, -0.15) is 0 Å². The first-order valence-corrected chi connectivity index (χ1v) is 6.22. The summed E-state index contributed by atoms with van der Waals surface area (Å²) in [6.07, 6.45) is 4.78. The molecular weight excluding hydrogens is 184 g/mol. The first kappa shape index (κ1) is 13.0. The van der Waals surface area contributed by atoms with Crippen LogP contribution < -0.4 is 0 Å². The van der Waals surface area contributed by atoms with Crippen LogP contribution in [0.15, 0.2) is 0 Å². The summed E-state index contributed by atoms with van der Waals surface area (Å²) in [5.74, 6) is 0.684. The zero-order valence-electron chi connectivity index (χ0n) is 11.4. The Kier molecular flexibility index (Phi) is 3.27. The quantitative estimate of drug-likeness (QED) is 0.733. The normalized spacial score (nSPS) is 26.6.